The van der Waals surface area contributed by atoms with Crippen LogP contribution in [0, 0.1) is 24.2 Å². The van der Waals surface area contributed by atoms with Crippen LogP contribution in [0.25, 0.3) is 6.08 Å². The van der Waals surface area contributed by atoms with E-state index < -0.39 is 35.6 Å². The number of rotatable bonds is 19. The fraction of sp³-hybridized carbons (Fsp3) is 0.758. The highest BCUT2D eigenvalue weighted by atomic mass is 32.1. The first-order chi connectivity index (χ1) is 20.0. The van der Waals surface area contributed by atoms with Crippen molar-refractivity contribution in [1.29, 1.82) is 0 Å². The van der Waals surface area contributed by atoms with Gasteiger partial charge in [0.2, 0.25) is 5.91 Å². The lowest BCUT2D eigenvalue weighted by atomic mass is 9.71. The van der Waals surface area contributed by atoms with Gasteiger partial charge in [-0.05, 0) is 64.5 Å². The lowest BCUT2D eigenvalue weighted by Crippen LogP contribution is -2.46. The van der Waals surface area contributed by atoms with E-state index in [2.05, 4.69) is 10.3 Å². The first kappa shape index (κ1) is 37.0. The van der Waals surface area contributed by atoms with Crippen molar-refractivity contribution in [3.05, 3.63) is 21.7 Å². The van der Waals surface area contributed by atoms with E-state index >= 15 is 0 Å². The summed E-state index contributed by atoms with van der Waals surface area (Å²) in [7, 11) is 0. The van der Waals surface area contributed by atoms with Crippen LogP contribution in [0.1, 0.15) is 111 Å². The Balaban J connectivity index is 2.14. The molecule has 1 saturated heterocycles. The van der Waals surface area contributed by atoms with E-state index in [0.29, 0.717) is 32.2 Å². The molecule has 0 aliphatic carbocycles. The summed E-state index contributed by atoms with van der Waals surface area (Å²) in [6.07, 6.45) is 2.57. The second-order valence-corrected chi connectivity index (χ2v) is 14.3. The molecular formula is C33H54N2O7S. The zero-order valence-corrected chi connectivity index (χ0v) is 28.4. The second kappa shape index (κ2) is 16.3. The van der Waals surface area contributed by atoms with E-state index in [4.69, 9.17) is 9.47 Å². The standard InChI is InChI=1S/C33H54N2O7S/c1-10-13-20(2)30(39)25(14-11-12-15-34-22(4)36)31(40)32(6,7)27(37)18-29(38)41-26(17-28-33(8,9)42-28)21(3)16-24-19-43-23(5)35-24/h16,19-20,25-28,30,37,39H,10-15,17-18H2,1-9H3,(H,34,36)/b21-16+/t20-,25+,26-,27-,28-,30-/m0/s1. The summed E-state index contributed by atoms with van der Waals surface area (Å²) in [6.45, 7) is 17.0. The summed E-state index contributed by atoms with van der Waals surface area (Å²) < 4.78 is 11.7. The Labute approximate surface area is 261 Å². The Hall–Kier alpha value is -2.14. The van der Waals surface area contributed by atoms with Gasteiger partial charge in [0.1, 0.15) is 11.9 Å². The summed E-state index contributed by atoms with van der Waals surface area (Å²) >= 11 is 1.54. The van der Waals surface area contributed by atoms with Gasteiger partial charge in [-0.1, -0.05) is 40.5 Å². The van der Waals surface area contributed by atoms with Crippen molar-refractivity contribution < 1.29 is 34.1 Å². The molecule has 9 nitrogen and oxygen atoms in total. The molecule has 1 amide bonds. The zero-order valence-electron chi connectivity index (χ0n) is 27.6. The summed E-state index contributed by atoms with van der Waals surface area (Å²) in [4.78, 5) is 42.8. The highest BCUT2D eigenvalue weighted by Crippen LogP contribution is 2.40. The van der Waals surface area contributed by atoms with Crippen LogP contribution < -0.4 is 5.32 Å². The van der Waals surface area contributed by atoms with Crippen LogP contribution in [0.15, 0.2) is 11.0 Å². The van der Waals surface area contributed by atoms with Gasteiger partial charge >= 0.3 is 5.97 Å². The number of amides is 1. The topological polar surface area (TPSA) is 138 Å². The minimum Gasteiger partial charge on any atom is -0.458 e. The molecule has 1 aliphatic heterocycles. The molecule has 0 saturated carbocycles. The number of ketones is 1. The fourth-order valence-corrected chi connectivity index (χ4v) is 6.02. The summed E-state index contributed by atoms with van der Waals surface area (Å²) in [5.41, 5.74) is 0.0296. The molecule has 1 aromatic heterocycles. The van der Waals surface area contributed by atoms with Crippen molar-refractivity contribution in [2.45, 2.75) is 137 Å². The lowest BCUT2D eigenvalue weighted by Gasteiger charge is -2.36. The number of carbonyl (C=O) groups excluding carboxylic acids is 3. The highest BCUT2D eigenvalue weighted by molar-refractivity contribution is 7.09. The first-order valence-electron chi connectivity index (χ1n) is 15.6. The SMILES string of the molecule is CCC[C@H](C)[C@H](O)[C@@H](CCCCNC(C)=O)C(=O)C(C)(C)[C@@H](O)CC(=O)O[C@@H](C[C@@H]1OC1(C)C)/C(C)=C/c1csc(C)n1. The normalized spacial score (nSPS) is 20.1. The predicted molar refractivity (Wildman–Crippen MR) is 169 cm³/mol. The van der Waals surface area contributed by atoms with Crippen molar-refractivity contribution in [2.24, 2.45) is 17.3 Å². The number of ether oxygens (including phenoxy) is 2. The van der Waals surface area contributed by atoms with Crippen LogP contribution in [0.3, 0.4) is 0 Å². The predicted octanol–water partition coefficient (Wildman–Crippen LogP) is 5.40. The molecule has 0 bridgehead atoms. The molecule has 0 radical (unpaired) electrons. The zero-order chi connectivity index (χ0) is 32.5. The van der Waals surface area contributed by atoms with Crippen LogP contribution in [-0.2, 0) is 23.9 Å². The third-order valence-corrected chi connectivity index (χ3v) is 9.40. The van der Waals surface area contributed by atoms with Gasteiger partial charge in [0.15, 0.2) is 0 Å². The number of aliphatic hydroxyl groups is 2. The molecule has 0 unspecified atom stereocenters. The number of aryl methyl sites for hydroxylation is 1. The largest absolute Gasteiger partial charge is 0.458 e. The summed E-state index contributed by atoms with van der Waals surface area (Å²) in [5, 5.41) is 28.1. The second-order valence-electron chi connectivity index (χ2n) is 13.3. The molecule has 1 fully saturated rings. The molecule has 244 valence electrons. The Kier molecular flexibility index (Phi) is 14.0. The Bertz CT molecular complexity index is 1110. The van der Waals surface area contributed by atoms with Crippen LogP contribution in [0.2, 0.25) is 0 Å². The molecule has 6 atom stereocenters. The summed E-state index contributed by atoms with van der Waals surface area (Å²) in [5.74, 6) is -1.79. The maximum Gasteiger partial charge on any atom is 0.309 e. The van der Waals surface area contributed by atoms with Crippen LogP contribution in [0.4, 0.5) is 0 Å². The number of hydrogen-bond acceptors (Lipinski definition) is 9. The number of hydrogen-bond donors (Lipinski definition) is 3. The van der Waals surface area contributed by atoms with Gasteiger partial charge < -0.3 is 25.0 Å². The van der Waals surface area contributed by atoms with Gasteiger partial charge in [-0.15, -0.1) is 11.3 Å². The Morgan fingerprint density at radius 3 is 2.40 bits per heavy atom. The van der Waals surface area contributed by atoms with E-state index in [1.165, 1.54) is 6.92 Å². The van der Waals surface area contributed by atoms with Gasteiger partial charge in [-0.25, -0.2) is 4.98 Å². The van der Waals surface area contributed by atoms with Crippen LogP contribution in [-0.4, -0.2) is 69.4 Å². The molecule has 2 rings (SSSR count). The van der Waals surface area contributed by atoms with Gasteiger partial charge in [-0.2, -0.15) is 0 Å². The van der Waals surface area contributed by atoms with Gasteiger partial charge in [0.25, 0.3) is 0 Å². The smallest absolute Gasteiger partial charge is 0.309 e. The fourth-order valence-electron chi connectivity index (χ4n) is 5.45. The Morgan fingerprint density at radius 2 is 1.86 bits per heavy atom. The molecule has 0 spiro atoms. The number of Topliss-reactive ketones (excluding diaryl/α,β-unsaturated/α-hetero) is 1. The number of nitrogens with zero attached hydrogens (tertiary/aromatic N) is 1. The number of esters is 1. The van der Waals surface area contributed by atoms with E-state index in [1.807, 2.05) is 53.0 Å². The Morgan fingerprint density at radius 1 is 1.21 bits per heavy atom. The number of aliphatic hydroxyl groups excluding tert-OH is 2. The summed E-state index contributed by atoms with van der Waals surface area (Å²) in [6, 6.07) is 0. The molecule has 2 heterocycles. The van der Waals surface area contributed by atoms with E-state index in [1.54, 1.807) is 25.2 Å². The van der Waals surface area contributed by atoms with Crippen LogP contribution >= 0.6 is 11.3 Å². The quantitative estimate of drug-likeness (QED) is 0.106. The molecule has 10 heteroatoms. The third kappa shape index (κ3) is 11.4. The van der Waals surface area contributed by atoms with Crippen molar-refractivity contribution >= 4 is 35.1 Å². The maximum absolute atomic E-state index is 13.9. The van der Waals surface area contributed by atoms with Crippen molar-refractivity contribution in [1.82, 2.24) is 10.3 Å². The highest BCUT2D eigenvalue weighted by Gasteiger charge is 2.49. The number of aromatic nitrogens is 1. The third-order valence-electron chi connectivity index (χ3n) is 8.61. The van der Waals surface area contributed by atoms with Crippen molar-refractivity contribution in [3.8, 4) is 0 Å². The number of nitrogens with one attached hydrogen (secondary N) is 1. The molecule has 43 heavy (non-hydrogen) atoms. The van der Waals surface area contributed by atoms with Gasteiger partial charge in [-0.3, -0.25) is 14.4 Å². The van der Waals surface area contributed by atoms with E-state index in [0.717, 1.165) is 29.1 Å². The number of unbranched alkanes of at least 4 members (excludes halogenated alkanes) is 1. The maximum atomic E-state index is 13.9. The minimum atomic E-state index is -1.30. The van der Waals surface area contributed by atoms with Gasteiger partial charge in [0, 0.05) is 31.2 Å². The molecule has 1 aromatic rings. The molecular weight excluding hydrogens is 568 g/mol. The molecule has 1 aliphatic rings. The first-order valence-corrected chi connectivity index (χ1v) is 16.5. The van der Waals surface area contributed by atoms with E-state index in [-0.39, 0.29) is 35.7 Å². The van der Waals surface area contributed by atoms with Crippen molar-refractivity contribution in [3.63, 3.8) is 0 Å². The van der Waals surface area contributed by atoms with Gasteiger partial charge in [0.05, 0.1) is 46.5 Å². The monoisotopic (exact) mass is 622 g/mol. The number of epoxide rings is 1. The van der Waals surface area contributed by atoms with Crippen molar-refractivity contribution in [2.75, 3.05) is 6.54 Å². The number of carbonyl (C=O) groups is 3. The minimum absolute atomic E-state index is 0.0632. The molecule has 3 N–H and O–H groups in total. The average Bonchev–Trinajstić information content (AvgIpc) is 3.30. The average molecular weight is 623 g/mol. The number of thiazole rings is 1. The van der Waals surface area contributed by atoms with Crippen LogP contribution in [0.5, 0.6) is 0 Å². The lowest BCUT2D eigenvalue weighted by molar-refractivity contribution is -0.154. The molecule has 0 aromatic carbocycles. The van der Waals surface area contributed by atoms with E-state index in [9.17, 15) is 24.6 Å².